The van der Waals surface area contributed by atoms with E-state index in [9.17, 15) is 9.50 Å². The van der Waals surface area contributed by atoms with E-state index in [1.165, 1.54) is 0 Å². The highest BCUT2D eigenvalue weighted by molar-refractivity contribution is 5.30. The van der Waals surface area contributed by atoms with Gasteiger partial charge in [-0.2, -0.15) is 0 Å². The average Bonchev–Trinajstić information content (AvgIpc) is 2.19. The molecule has 1 aromatic rings. The van der Waals surface area contributed by atoms with Crippen molar-refractivity contribution in [2.45, 2.75) is 46.3 Å². The van der Waals surface area contributed by atoms with Gasteiger partial charge in [0.2, 0.25) is 0 Å². The highest BCUT2D eigenvalue weighted by Gasteiger charge is 2.11. The van der Waals surface area contributed by atoms with E-state index in [0.29, 0.717) is 24.1 Å². The summed E-state index contributed by atoms with van der Waals surface area (Å²) in [6.45, 7) is 8.60. The molecular formula is C14H22FNO. The Bertz CT molecular complexity index is 359. The SMILES string of the molecule is Cc1cc(CNCCC(C)(C)O)cc(C)c1F. The molecule has 0 bridgehead atoms. The largest absolute Gasteiger partial charge is 0.390 e. The first-order valence-electron chi connectivity index (χ1n) is 5.98. The average molecular weight is 239 g/mol. The van der Waals surface area contributed by atoms with E-state index in [4.69, 9.17) is 0 Å². The number of benzene rings is 1. The van der Waals surface area contributed by atoms with Crippen LogP contribution in [0.1, 0.15) is 37.0 Å². The predicted molar refractivity (Wildman–Crippen MR) is 68.5 cm³/mol. The van der Waals surface area contributed by atoms with Gasteiger partial charge >= 0.3 is 0 Å². The number of halogens is 1. The molecule has 0 heterocycles. The van der Waals surface area contributed by atoms with Gasteiger partial charge in [0.05, 0.1) is 5.60 Å². The molecule has 0 spiro atoms. The molecular weight excluding hydrogens is 217 g/mol. The van der Waals surface area contributed by atoms with Crippen LogP contribution in [0.15, 0.2) is 12.1 Å². The second kappa shape index (κ2) is 5.61. The summed E-state index contributed by atoms with van der Waals surface area (Å²) in [7, 11) is 0. The summed E-state index contributed by atoms with van der Waals surface area (Å²) in [5.41, 5.74) is 1.81. The molecule has 96 valence electrons. The van der Waals surface area contributed by atoms with E-state index in [1.807, 2.05) is 12.1 Å². The van der Waals surface area contributed by atoms with Gasteiger partial charge in [0.1, 0.15) is 5.82 Å². The third-order valence-corrected chi connectivity index (χ3v) is 2.74. The second-order valence-corrected chi connectivity index (χ2v) is 5.28. The first kappa shape index (κ1) is 14.1. The van der Waals surface area contributed by atoms with Crippen molar-refractivity contribution in [1.82, 2.24) is 5.32 Å². The van der Waals surface area contributed by atoms with Gasteiger partial charge in [0.25, 0.3) is 0 Å². The molecule has 0 unspecified atom stereocenters. The summed E-state index contributed by atoms with van der Waals surface area (Å²) in [6.07, 6.45) is 0.701. The van der Waals surface area contributed by atoms with E-state index in [-0.39, 0.29) is 5.82 Å². The molecule has 0 amide bonds. The quantitative estimate of drug-likeness (QED) is 0.774. The minimum Gasteiger partial charge on any atom is -0.390 e. The molecule has 0 atom stereocenters. The Labute approximate surface area is 103 Å². The Morgan fingerprint density at radius 3 is 2.24 bits per heavy atom. The predicted octanol–water partition coefficient (Wildman–Crippen LogP) is 2.69. The Kier molecular flexibility index (Phi) is 4.66. The molecule has 0 aromatic heterocycles. The Hall–Kier alpha value is -0.930. The van der Waals surface area contributed by atoms with Crippen LogP contribution in [-0.4, -0.2) is 17.3 Å². The lowest BCUT2D eigenvalue weighted by molar-refractivity contribution is 0.0711. The molecule has 1 rings (SSSR count). The third kappa shape index (κ3) is 4.84. The first-order valence-corrected chi connectivity index (χ1v) is 5.98. The van der Waals surface area contributed by atoms with Crippen molar-refractivity contribution in [2.75, 3.05) is 6.54 Å². The molecule has 0 radical (unpaired) electrons. The fourth-order valence-corrected chi connectivity index (χ4v) is 1.76. The highest BCUT2D eigenvalue weighted by atomic mass is 19.1. The van der Waals surface area contributed by atoms with Crippen LogP contribution in [0.25, 0.3) is 0 Å². The Morgan fingerprint density at radius 2 is 1.76 bits per heavy atom. The van der Waals surface area contributed by atoms with Crippen LogP contribution in [0.4, 0.5) is 4.39 Å². The maximum Gasteiger partial charge on any atom is 0.129 e. The van der Waals surface area contributed by atoms with Gasteiger partial charge in [-0.15, -0.1) is 0 Å². The number of rotatable bonds is 5. The minimum atomic E-state index is -0.637. The summed E-state index contributed by atoms with van der Waals surface area (Å²) in [6, 6.07) is 3.72. The van der Waals surface area contributed by atoms with E-state index in [0.717, 1.165) is 12.1 Å². The van der Waals surface area contributed by atoms with E-state index < -0.39 is 5.60 Å². The molecule has 0 fully saturated rings. The fourth-order valence-electron chi connectivity index (χ4n) is 1.76. The van der Waals surface area contributed by atoms with E-state index >= 15 is 0 Å². The molecule has 0 aliphatic heterocycles. The number of aryl methyl sites for hydroxylation is 2. The Balaban J connectivity index is 2.48. The summed E-state index contributed by atoms with van der Waals surface area (Å²) < 4.78 is 13.4. The molecule has 2 N–H and O–H groups in total. The molecule has 2 nitrogen and oxygen atoms in total. The van der Waals surface area contributed by atoms with Gasteiger partial charge in [0.15, 0.2) is 0 Å². The van der Waals surface area contributed by atoms with Crippen molar-refractivity contribution < 1.29 is 9.50 Å². The molecule has 3 heteroatoms. The maximum atomic E-state index is 13.4. The van der Waals surface area contributed by atoms with Gasteiger partial charge < -0.3 is 10.4 Å². The molecule has 0 aliphatic rings. The van der Waals surface area contributed by atoms with Gasteiger partial charge in [-0.25, -0.2) is 4.39 Å². The number of hydrogen-bond donors (Lipinski definition) is 2. The lowest BCUT2D eigenvalue weighted by atomic mass is 10.0. The van der Waals surface area contributed by atoms with Crippen molar-refractivity contribution in [3.63, 3.8) is 0 Å². The zero-order valence-electron chi connectivity index (χ0n) is 11.1. The Morgan fingerprint density at radius 1 is 1.24 bits per heavy atom. The first-order chi connectivity index (χ1) is 7.79. The summed E-state index contributed by atoms with van der Waals surface area (Å²) in [4.78, 5) is 0. The third-order valence-electron chi connectivity index (χ3n) is 2.74. The van der Waals surface area contributed by atoms with Crippen LogP contribution in [0, 0.1) is 19.7 Å². The maximum absolute atomic E-state index is 13.4. The number of aliphatic hydroxyl groups is 1. The summed E-state index contributed by atoms with van der Waals surface area (Å²) in [5.74, 6) is -0.120. The van der Waals surface area contributed by atoms with Crippen LogP contribution >= 0.6 is 0 Å². The molecule has 17 heavy (non-hydrogen) atoms. The second-order valence-electron chi connectivity index (χ2n) is 5.28. The lowest BCUT2D eigenvalue weighted by Gasteiger charge is -2.17. The topological polar surface area (TPSA) is 32.3 Å². The highest BCUT2D eigenvalue weighted by Crippen LogP contribution is 2.14. The van der Waals surface area contributed by atoms with Crippen molar-refractivity contribution in [1.29, 1.82) is 0 Å². The lowest BCUT2D eigenvalue weighted by Crippen LogP contribution is -2.26. The van der Waals surface area contributed by atoms with Crippen LogP contribution in [0.5, 0.6) is 0 Å². The summed E-state index contributed by atoms with van der Waals surface area (Å²) in [5, 5.41) is 12.8. The zero-order chi connectivity index (χ0) is 13.1. The number of hydrogen-bond acceptors (Lipinski definition) is 2. The van der Waals surface area contributed by atoms with Gasteiger partial charge in [-0.1, -0.05) is 12.1 Å². The molecule has 0 saturated carbocycles. The van der Waals surface area contributed by atoms with Crippen molar-refractivity contribution >= 4 is 0 Å². The van der Waals surface area contributed by atoms with Gasteiger partial charge in [0, 0.05) is 6.54 Å². The monoisotopic (exact) mass is 239 g/mol. The normalized spacial score (nSPS) is 11.9. The van der Waals surface area contributed by atoms with Crippen LogP contribution < -0.4 is 5.32 Å². The zero-order valence-corrected chi connectivity index (χ0v) is 11.1. The minimum absolute atomic E-state index is 0.120. The smallest absolute Gasteiger partial charge is 0.129 e. The molecule has 0 aliphatic carbocycles. The standard InChI is InChI=1S/C14H22FNO/c1-10-7-12(8-11(2)13(10)15)9-16-6-5-14(3,4)17/h7-8,16-17H,5-6,9H2,1-4H3. The van der Waals surface area contributed by atoms with Crippen molar-refractivity contribution in [2.24, 2.45) is 0 Å². The van der Waals surface area contributed by atoms with E-state index in [1.54, 1.807) is 27.7 Å². The van der Waals surface area contributed by atoms with Crippen LogP contribution in [0.3, 0.4) is 0 Å². The van der Waals surface area contributed by atoms with Crippen LogP contribution in [-0.2, 0) is 6.54 Å². The van der Waals surface area contributed by atoms with Gasteiger partial charge in [-0.3, -0.25) is 0 Å². The molecule has 0 saturated heterocycles. The van der Waals surface area contributed by atoms with Gasteiger partial charge in [-0.05, 0) is 57.4 Å². The van der Waals surface area contributed by atoms with Crippen LogP contribution in [0.2, 0.25) is 0 Å². The summed E-state index contributed by atoms with van der Waals surface area (Å²) >= 11 is 0. The fraction of sp³-hybridized carbons (Fsp3) is 0.571. The van der Waals surface area contributed by atoms with Crippen molar-refractivity contribution in [3.8, 4) is 0 Å². The van der Waals surface area contributed by atoms with Crippen molar-refractivity contribution in [3.05, 3.63) is 34.6 Å². The molecule has 1 aromatic carbocycles. The van der Waals surface area contributed by atoms with E-state index in [2.05, 4.69) is 5.32 Å². The number of nitrogens with one attached hydrogen (secondary N) is 1.